The smallest absolute Gasteiger partial charge is 0.185 e. The Bertz CT molecular complexity index is 260. The number of nitrogens with zero attached hydrogens (tertiary/aromatic N) is 2. The molecule has 2 N–H and O–H groups in total. The van der Waals surface area contributed by atoms with Gasteiger partial charge in [-0.25, -0.2) is 4.98 Å². The molecule has 1 aromatic heterocycles. The van der Waals surface area contributed by atoms with E-state index in [0.29, 0.717) is 6.54 Å². The summed E-state index contributed by atoms with van der Waals surface area (Å²) >= 11 is 1.71. The van der Waals surface area contributed by atoms with Gasteiger partial charge >= 0.3 is 0 Å². The van der Waals surface area contributed by atoms with E-state index in [1.165, 1.54) is 12.8 Å². The summed E-state index contributed by atoms with van der Waals surface area (Å²) in [5.74, 6) is 0. The third-order valence-electron chi connectivity index (χ3n) is 2.11. The fraction of sp³-hybridized carbons (Fsp3) is 0.700. The Morgan fingerprint density at radius 1 is 1.57 bits per heavy atom. The average molecular weight is 213 g/mol. The summed E-state index contributed by atoms with van der Waals surface area (Å²) in [4.78, 5) is 6.73. The van der Waals surface area contributed by atoms with Crippen molar-refractivity contribution in [2.75, 3.05) is 25.0 Å². The normalized spacial score (nSPS) is 10.5. The zero-order chi connectivity index (χ0) is 10.4. The van der Waals surface area contributed by atoms with Gasteiger partial charge in [0.25, 0.3) is 0 Å². The van der Waals surface area contributed by atoms with Crippen LogP contribution in [-0.2, 0) is 6.42 Å². The number of thiazole rings is 1. The number of hydrogen-bond acceptors (Lipinski definition) is 4. The second-order valence-electron chi connectivity index (χ2n) is 3.44. The maximum Gasteiger partial charge on any atom is 0.185 e. The van der Waals surface area contributed by atoms with Gasteiger partial charge in [0.05, 0.1) is 5.69 Å². The third-order valence-corrected chi connectivity index (χ3v) is 3.12. The molecule has 0 aliphatic heterocycles. The van der Waals surface area contributed by atoms with Crippen LogP contribution in [0.25, 0.3) is 0 Å². The Kier molecular flexibility index (Phi) is 4.90. The zero-order valence-electron chi connectivity index (χ0n) is 8.99. The minimum absolute atomic E-state index is 0.682. The molecule has 0 fully saturated rings. The average Bonchev–Trinajstić information content (AvgIpc) is 2.63. The van der Waals surface area contributed by atoms with E-state index in [1.807, 2.05) is 0 Å². The van der Waals surface area contributed by atoms with Gasteiger partial charge < -0.3 is 10.6 Å². The topological polar surface area (TPSA) is 42.2 Å². The molecule has 0 aromatic carbocycles. The van der Waals surface area contributed by atoms with E-state index < -0.39 is 0 Å². The summed E-state index contributed by atoms with van der Waals surface area (Å²) in [5, 5.41) is 3.21. The highest BCUT2D eigenvalue weighted by Gasteiger charge is 2.05. The quantitative estimate of drug-likeness (QED) is 0.784. The van der Waals surface area contributed by atoms with Crippen LogP contribution in [0.3, 0.4) is 0 Å². The second-order valence-corrected chi connectivity index (χ2v) is 4.27. The molecule has 1 aromatic rings. The Balaban J connectivity index is 2.48. The van der Waals surface area contributed by atoms with E-state index in [1.54, 1.807) is 11.3 Å². The molecule has 0 spiro atoms. The summed E-state index contributed by atoms with van der Waals surface area (Å²) in [5.41, 5.74) is 6.60. The van der Waals surface area contributed by atoms with Gasteiger partial charge in [-0.1, -0.05) is 13.3 Å². The van der Waals surface area contributed by atoms with E-state index in [0.717, 1.165) is 23.8 Å². The third kappa shape index (κ3) is 3.27. The first-order valence-electron chi connectivity index (χ1n) is 5.13. The van der Waals surface area contributed by atoms with Gasteiger partial charge in [0.2, 0.25) is 0 Å². The van der Waals surface area contributed by atoms with Crippen molar-refractivity contribution in [2.45, 2.75) is 26.2 Å². The van der Waals surface area contributed by atoms with E-state index in [9.17, 15) is 0 Å². The molecule has 14 heavy (non-hydrogen) atoms. The first-order chi connectivity index (χ1) is 6.77. The number of rotatable bonds is 6. The van der Waals surface area contributed by atoms with E-state index in [2.05, 4.69) is 29.2 Å². The molecule has 0 aliphatic carbocycles. The second kappa shape index (κ2) is 5.98. The minimum atomic E-state index is 0.682. The van der Waals surface area contributed by atoms with Crippen molar-refractivity contribution in [1.82, 2.24) is 4.98 Å². The molecular formula is C10H19N3S. The monoisotopic (exact) mass is 213 g/mol. The van der Waals surface area contributed by atoms with Crippen LogP contribution in [0.5, 0.6) is 0 Å². The molecule has 0 atom stereocenters. The maximum atomic E-state index is 5.48. The first-order valence-corrected chi connectivity index (χ1v) is 6.01. The molecular weight excluding hydrogens is 194 g/mol. The van der Waals surface area contributed by atoms with Crippen LogP contribution in [0.4, 0.5) is 5.13 Å². The van der Waals surface area contributed by atoms with Crippen LogP contribution in [0, 0.1) is 0 Å². The summed E-state index contributed by atoms with van der Waals surface area (Å²) in [6.07, 6.45) is 3.34. The van der Waals surface area contributed by atoms with Gasteiger partial charge in [-0.15, -0.1) is 11.3 Å². The highest BCUT2D eigenvalue weighted by atomic mass is 32.1. The lowest BCUT2D eigenvalue weighted by molar-refractivity contribution is 0.763. The molecule has 80 valence electrons. The molecule has 1 rings (SSSR count). The lowest BCUT2D eigenvalue weighted by Crippen LogP contribution is -2.18. The summed E-state index contributed by atoms with van der Waals surface area (Å²) in [6, 6.07) is 0. The molecule has 0 radical (unpaired) electrons. The van der Waals surface area contributed by atoms with Crippen molar-refractivity contribution in [3.63, 3.8) is 0 Å². The molecule has 0 bridgehead atoms. The molecule has 0 aliphatic rings. The van der Waals surface area contributed by atoms with Crippen molar-refractivity contribution >= 4 is 16.5 Å². The van der Waals surface area contributed by atoms with Crippen LogP contribution >= 0.6 is 11.3 Å². The highest BCUT2D eigenvalue weighted by molar-refractivity contribution is 7.13. The van der Waals surface area contributed by atoms with Gasteiger partial charge in [-0.2, -0.15) is 0 Å². The summed E-state index contributed by atoms with van der Waals surface area (Å²) in [7, 11) is 2.10. The molecule has 0 unspecified atom stereocenters. The minimum Gasteiger partial charge on any atom is -0.351 e. The first kappa shape index (κ1) is 11.5. The van der Waals surface area contributed by atoms with E-state index in [4.69, 9.17) is 5.73 Å². The van der Waals surface area contributed by atoms with Gasteiger partial charge in [0, 0.05) is 25.4 Å². The van der Waals surface area contributed by atoms with Crippen molar-refractivity contribution in [3.8, 4) is 0 Å². The summed E-state index contributed by atoms with van der Waals surface area (Å²) in [6.45, 7) is 3.98. The van der Waals surface area contributed by atoms with Gasteiger partial charge in [-0.3, -0.25) is 0 Å². The van der Waals surface area contributed by atoms with Crippen molar-refractivity contribution < 1.29 is 0 Å². The molecule has 0 amide bonds. The Morgan fingerprint density at radius 3 is 3.00 bits per heavy atom. The lowest BCUT2D eigenvalue weighted by Gasteiger charge is -2.14. The van der Waals surface area contributed by atoms with Crippen molar-refractivity contribution in [1.29, 1.82) is 0 Å². The predicted molar refractivity (Wildman–Crippen MR) is 63.1 cm³/mol. The van der Waals surface area contributed by atoms with Crippen LogP contribution in [0.2, 0.25) is 0 Å². The molecule has 0 saturated carbocycles. The SMILES string of the molecule is CCCCN(C)c1nc(CCN)cs1. The van der Waals surface area contributed by atoms with E-state index in [-0.39, 0.29) is 0 Å². The highest BCUT2D eigenvalue weighted by Crippen LogP contribution is 2.19. The zero-order valence-corrected chi connectivity index (χ0v) is 9.81. The molecule has 4 heteroatoms. The lowest BCUT2D eigenvalue weighted by atomic mass is 10.3. The molecule has 1 heterocycles. The standard InChI is InChI=1S/C10H19N3S/c1-3-4-7-13(2)10-12-9(5-6-11)8-14-10/h8H,3-7,11H2,1-2H3. The molecule has 0 saturated heterocycles. The van der Waals surface area contributed by atoms with Crippen LogP contribution < -0.4 is 10.6 Å². The molecule has 3 nitrogen and oxygen atoms in total. The van der Waals surface area contributed by atoms with Gasteiger partial charge in [-0.05, 0) is 13.0 Å². The van der Waals surface area contributed by atoms with Gasteiger partial charge in [0.15, 0.2) is 5.13 Å². The largest absolute Gasteiger partial charge is 0.351 e. The van der Waals surface area contributed by atoms with Crippen molar-refractivity contribution in [3.05, 3.63) is 11.1 Å². The Morgan fingerprint density at radius 2 is 2.36 bits per heavy atom. The Labute approximate surface area is 89.9 Å². The number of hydrogen-bond donors (Lipinski definition) is 1. The van der Waals surface area contributed by atoms with Crippen LogP contribution in [0.1, 0.15) is 25.5 Å². The van der Waals surface area contributed by atoms with Crippen LogP contribution in [0.15, 0.2) is 5.38 Å². The van der Waals surface area contributed by atoms with Crippen LogP contribution in [-0.4, -0.2) is 25.1 Å². The fourth-order valence-corrected chi connectivity index (χ4v) is 2.08. The predicted octanol–water partition coefficient (Wildman–Crippen LogP) is 1.88. The number of aromatic nitrogens is 1. The van der Waals surface area contributed by atoms with E-state index >= 15 is 0 Å². The number of anilines is 1. The summed E-state index contributed by atoms with van der Waals surface area (Å²) < 4.78 is 0. The fourth-order valence-electron chi connectivity index (χ4n) is 1.23. The van der Waals surface area contributed by atoms with Crippen molar-refractivity contribution in [2.24, 2.45) is 5.73 Å². The maximum absolute atomic E-state index is 5.48. The Hall–Kier alpha value is -0.610. The van der Waals surface area contributed by atoms with Gasteiger partial charge in [0.1, 0.15) is 0 Å². The number of nitrogens with two attached hydrogens (primary N) is 1. The number of unbranched alkanes of at least 4 members (excludes halogenated alkanes) is 1.